The zero-order valence-corrected chi connectivity index (χ0v) is 11.4. The Labute approximate surface area is 116 Å². The number of nitrogens with zero attached hydrogens (tertiary/aromatic N) is 4. The van der Waals surface area contributed by atoms with Gasteiger partial charge in [-0.25, -0.2) is 0 Å². The van der Waals surface area contributed by atoms with E-state index >= 15 is 0 Å². The third-order valence-corrected chi connectivity index (χ3v) is 3.60. The molecule has 8 nitrogen and oxygen atoms in total. The molecule has 1 N–H and O–H groups in total. The predicted molar refractivity (Wildman–Crippen MR) is 69.9 cm³/mol. The number of hydrogen-bond acceptors (Lipinski definition) is 5. The van der Waals surface area contributed by atoms with Gasteiger partial charge in [0, 0.05) is 13.6 Å². The number of aliphatic hydroxyl groups is 1. The Bertz CT molecular complexity index is 507. The lowest BCUT2D eigenvalue weighted by molar-refractivity contribution is -0.389. The normalized spacial score (nSPS) is 17.1. The van der Waals surface area contributed by atoms with Gasteiger partial charge < -0.3 is 20.1 Å². The Hall–Kier alpha value is -1.96. The van der Waals surface area contributed by atoms with E-state index in [0.717, 1.165) is 12.8 Å². The van der Waals surface area contributed by atoms with Crippen molar-refractivity contribution in [2.75, 3.05) is 13.6 Å². The Balaban J connectivity index is 1.91. The first kappa shape index (κ1) is 14.4. The summed E-state index contributed by atoms with van der Waals surface area (Å²) in [5, 5.41) is 24.4. The topological polar surface area (TPSA) is 102 Å². The number of aromatic nitrogens is 2. The molecule has 0 aromatic carbocycles. The number of amides is 1. The van der Waals surface area contributed by atoms with Gasteiger partial charge in [0.2, 0.25) is 5.91 Å². The second kappa shape index (κ2) is 5.58. The summed E-state index contributed by atoms with van der Waals surface area (Å²) < 4.78 is 1.23. The van der Waals surface area contributed by atoms with Gasteiger partial charge in [0.15, 0.2) is 0 Å². The molecule has 20 heavy (non-hydrogen) atoms. The summed E-state index contributed by atoms with van der Waals surface area (Å²) in [5.41, 5.74) is -0.791. The van der Waals surface area contributed by atoms with Crippen LogP contribution in [0.5, 0.6) is 0 Å². The second-order valence-corrected chi connectivity index (χ2v) is 5.31. The van der Waals surface area contributed by atoms with E-state index in [2.05, 4.69) is 5.10 Å². The highest BCUT2D eigenvalue weighted by Gasteiger charge is 2.33. The van der Waals surface area contributed by atoms with E-state index in [4.69, 9.17) is 0 Å². The van der Waals surface area contributed by atoms with Crippen molar-refractivity contribution in [3.63, 3.8) is 0 Å². The summed E-state index contributed by atoms with van der Waals surface area (Å²) in [5.74, 6) is -0.516. The molecule has 2 rings (SSSR count). The van der Waals surface area contributed by atoms with E-state index in [1.54, 1.807) is 7.05 Å². The van der Waals surface area contributed by atoms with Gasteiger partial charge in [-0.1, -0.05) is 12.8 Å². The van der Waals surface area contributed by atoms with Crippen molar-refractivity contribution < 1.29 is 14.8 Å². The molecule has 1 fully saturated rings. The van der Waals surface area contributed by atoms with Crippen molar-refractivity contribution >= 4 is 11.7 Å². The smallest absolute Gasteiger partial charge is 0.388 e. The molecule has 1 amide bonds. The van der Waals surface area contributed by atoms with Gasteiger partial charge in [-0.05, 0) is 17.8 Å². The van der Waals surface area contributed by atoms with Gasteiger partial charge in [0.25, 0.3) is 0 Å². The number of carbonyl (C=O) groups excluding carboxylic acids is 1. The van der Waals surface area contributed by atoms with Crippen molar-refractivity contribution in [3.8, 4) is 0 Å². The largest absolute Gasteiger partial charge is 0.389 e. The molecule has 110 valence electrons. The molecule has 0 spiro atoms. The quantitative estimate of drug-likeness (QED) is 0.628. The fourth-order valence-electron chi connectivity index (χ4n) is 2.52. The summed E-state index contributed by atoms with van der Waals surface area (Å²) >= 11 is 0. The Morgan fingerprint density at radius 3 is 2.80 bits per heavy atom. The molecule has 1 aromatic heterocycles. The molecule has 1 aliphatic carbocycles. The minimum Gasteiger partial charge on any atom is -0.388 e. The molecule has 0 radical (unpaired) electrons. The average molecular weight is 282 g/mol. The fourth-order valence-corrected chi connectivity index (χ4v) is 2.52. The van der Waals surface area contributed by atoms with E-state index < -0.39 is 10.5 Å². The summed E-state index contributed by atoms with van der Waals surface area (Å²) in [4.78, 5) is 23.4. The Kier molecular flexibility index (Phi) is 4.03. The van der Waals surface area contributed by atoms with Crippen LogP contribution in [-0.4, -0.2) is 49.8 Å². The van der Waals surface area contributed by atoms with Crippen molar-refractivity contribution in [1.82, 2.24) is 14.7 Å². The van der Waals surface area contributed by atoms with Gasteiger partial charge in [-0.15, -0.1) is 0 Å². The van der Waals surface area contributed by atoms with E-state index in [-0.39, 0.29) is 24.8 Å². The lowest BCUT2D eigenvalue weighted by Crippen LogP contribution is -2.43. The number of rotatable bonds is 5. The maximum atomic E-state index is 12.0. The molecule has 1 heterocycles. The van der Waals surface area contributed by atoms with Gasteiger partial charge in [-0.3, -0.25) is 4.79 Å². The molecule has 0 bridgehead atoms. The number of hydrogen-bond donors (Lipinski definition) is 1. The third-order valence-electron chi connectivity index (χ3n) is 3.60. The number of nitro groups is 1. The monoisotopic (exact) mass is 282 g/mol. The predicted octanol–water partition coefficient (Wildman–Crippen LogP) is 0.555. The zero-order valence-electron chi connectivity index (χ0n) is 11.4. The molecule has 0 saturated heterocycles. The minimum absolute atomic E-state index is 0.0690. The van der Waals surface area contributed by atoms with E-state index in [1.807, 2.05) is 0 Å². The first-order valence-electron chi connectivity index (χ1n) is 6.54. The van der Waals surface area contributed by atoms with Crippen LogP contribution in [0, 0.1) is 10.1 Å². The zero-order chi connectivity index (χ0) is 14.8. The maximum absolute atomic E-state index is 12.0. The summed E-state index contributed by atoms with van der Waals surface area (Å²) in [6.07, 6.45) is 4.76. The molecule has 8 heteroatoms. The highest BCUT2D eigenvalue weighted by molar-refractivity contribution is 5.75. The molecular formula is C12H18N4O4. The van der Waals surface area contributed by atoms with Crippen molar-refractivity contribution in [2.24, 2.45) is 0 Å². The van der Waals surface area contributed by atoms with Crippen LogP contribution < -0.4 is 0 Å². The van der Waals surface area contributed by atoms with Crippen molar-refractivity contribution in [3.05, 3.63) is 22.4 Å². The van der Waals surface area contributed by atoms with E-state index in [9.17, 15) is 20.0 Å². The SMILES string of the molecule is CN(CC1(O)CCCC1)C(=O)Cn1ccc([N+](=O)[O-])n1. The van der Waals surface area contributed by atoms with Gasteiger partial charge in [0.1, 0.15) is 6.54 Å². The third kappa shape index (κ3) is 3.32. The highest BCUT2D eigenvalue weighted by atomic mass is 16.6. The molecular weight excluding hydrogens is 264 g/mol. The first-order valence-corrected chi connectivity index (χ1v) is 6.54. The van der Waals surface area contributed by atoms with Gasteiger partial charge in [0.05, 0.1) is 23.0 Å². The molecule has 1 aliphatic rings. The molecule has 0 aliphatic heterocycles. The lowest BCUT2D eigenvalue weighted by Gasteiger charge is -2.28. The van der Waals surface area contributed by atoms with Gasteiger partial charge >= 0.3 is 5.82 Å². The van der Waals surface area contributed by atoms with Crippen molar-refractivity contribution in [2.45, 2.75) is 37.8 Å². The standard InChI is InChI=1S/C12H18N4O4/c1-14(9-12(18)5-2-3-6-12)11(17)8-15-7-4-10(13-15)16(19)20/h4,7,18H,2-3,5-6,8-9H2,1H3. The lowest BCUT2D eigenvalue weighted by atomic mass is 10.0. The van der Waals surface area contributed by atoms with Crippen LogP contribution in [0.3, 0.4) is 0 Å². The van der Waals surface area contributed by atoms with Crippen LogP contribution in [0.25, 0.3) is 0 Å². The van der Waals surface area contributed by atoms with E-state index in [1.165, 1.54) is 21.8 Å². The van der Waals surface area contributed by atoms with Crippen LogP contribution in [0.15, 0.2) is 12.3 Å². The molecule has 1 saturated carbocycles. The summed E-state index contributed by atoms with van der Waals surface area (Å²) in [6.45, 7) is 0.218. The number of likely N-dealkylation sites (N-methyl/N-ethyl adjacent to an activating group) is 1. The van der Waals surface area contributed by atoms with Crippen LogP contribution in [-0.2, 0) is 11.3 Å². The second-order valence-electron chi connectivity index (χ2n) is 5.31. The van der Waals surface area contributed by atoms with Crippen LogP contribution in [0.1, 0.15) is 25.7 Å². The Morgan fingerprint density at radius 1 is 1.60 bits per heavy atom. The minimum atomic E-state index is -0.791. The van der Waals surface area contributed by atoms with Crippen molar-refractivity contribution in [1.29, 1.82) is 0 Å². The van der Waals surface area contributed by atoms with Crippen LogP contribution in [0.4, 0.5) is 5.82 Å². The molecule has 0 atom stereocenters. The van der Waals surface area contributed by atoms with E-state index in [0.29, 0.717) is 12.8 Å². The number of carbonyl (C=O) groups is 1. The molecule has 0 unspecified atom stereocenters. The summed E-state index contributed by atoms with van der Waals surface area (Å²) in [7, 11) is 1.62. The van der Waals surface area contributed by atoms with Gasteiger partial charge in [-0.2, -0.15) is 4.68 Å². The summed E-state index contributed by atoms with van der Waals surface area (Å²) in [6, 6.07) is 1.25. The fraction of sp³-hybridized carbons (Fsp3) is 0.667. The molecule has 1 aromatic rings. The average Bonchev–Trinajstić information content (AvgIpc) is 2.98. The first-order chi connectivity index (χ1) is 9.39. The van der Waals surface area contributed by atoms with Crippen LogP contribution >= 0.6 is 0 Å². The highest BCUT2D eigenvalue weighted by Crippen LogP contribution is 2.29. The Morgan fingerprint density at radius 2 is 2.25 bits per heavy atom. The maximum Gasteiger partial charge on any atom is 0.389 e. The van der Waals surface area contributed by atoms with Crippen LogP contribution in [0.2, 0.25) is 0 Å².